The summed E-state index contributed by atoms with van der Waals surface area (Å²) in [5.41, 5.74) is 0.969. The molecule has 4 rings (SSSR count). The molecule has 4 atom stereocenters. The third-order valence-corrected chi connectivity index (χ3v) is 10.3. The van der Waals surface area contributed by atoms with Gasteiger partial charge in [0.1, 0.15) is 0 Å². The lowest BCUT2D eigenvalue weighted by Gasteiger charge is -2.29. The van der Waals surface area contributed by atoms with E-state index in [2.05, 4.69) is 16.5 Å². The van der Waals surface area contributed by atoms with Gasteiger partial charge in [-0.05, 0) is 76.9 Å². The Morgan fingerprint density at radius 1 is 1.28 bits per heavy atom. The highest BCUT2D eigenvalue weighted by atomic mass is 32.2. The maximum Gasteiger partial charge on any atom is 0.239 e. The molecule has 1 saturated heterocycles. The number of ether oxygens (including phenoxy) is 1. The number of rotatable bonds is 8. The number of hydrogen-bond donors (Lipinski definition) is 2. The summed E-state index contributed by atoms with van der Waals surface area (Å²) < 4.78 is 35.2. The SMILES string of the molecule is C/C=C(\C=C(/[C@H](C)OC)S(=O)(=O)NC1CCC(O)CC1)C1C(C)N=C2SC(C3CC3)CN21. The van der Waals surface area contributed by atoms with Crippen LogP contribution in [-0.2, 0) is 14.8 Å². The first-order valence-electron chi connectivity index (χ1n) is 11.9. The predicted octanol–water partition coefficient (Wildman–Crippen LogP) is 3.03. The maximum absolute atomic E-state index is 13.4. The first-order valence-corrected chi connectivity index (χ1v) is 14.2. The highest BCUT2D eigenvalue weighted by Gasteiger charge is 2.46. The monoisotopic (exact) mass is 483 g/mol. The molecule has 2 heterocycles. The van der Waals surface area contributed by atoms with Gasteiger partial charge in [0.05, 0.1) is 29.2 Å². The van der Waals surface area contributed by atoms with E-state index in [0.29, 0.717) is 30.9 Å². The number of nitrogens with zero attached hydrogens (tertiary/aromatic N) is 2. The maximum atomic E-state index is 13.4. The van der Waals surface area contributed by atoms with Gasteiger partial charge < -0.3 is 14.7 Å². The second-order valence-corrected chi connectivity index (χ2v) is 12.5. The van der Waals surface area contributed by atoms with Gasteiger partial charge in [0.2, 0.25) is 10.0 Å². The van der Waals surface area contributed by atoms with Crippen molar-refractivity contribution in [2.24, 2.45) is 10.9 Å². The van der Waals surface area contributed by atoms with Gasteiger partial charge in [-0.15, -0.1) is 0 Å². The average Bonchev–Trinajstić information content (AvgIpc) is 3.46. The summed E-state index contributed by atoms with van der Waals surface area (Å²) in [6.45, 7) is 6.84. The molecule has 2 aliphatic carbocycles. The Bertz CT molecular complexity index is 889. The molecule has 0 aromatic rings. The molecule has 7 nitrogen and oxygen atoms in total. The van der Waals surface area contributed by atoms with Crippen LogP contribution >= 0.6 is 11.8 Å². The number of thioether (sulfide) groups is 1. The Hall–Kier alpha value is -0.870. The summed E-state index contributed by atoms with van der Waals surface area (Å²) in [4.78, 5) is 7.54. The lowest BCUT2D eigenvalue weighted by molar-refractivity contribution is 0.120. The van der Waals surface area contributed by atoms with E-state index < -0.39 is 16.1 Å². The first kappa shape index (κ1) is 24.3. The molecule has 32 heavy (non-hydrogen) atoms. The molecule has 0 radical (unpaired) electrons. The third kappa shape index (κ3) is 5.12. The van der Waals surface area contributed by atoms with E-state index in [9.17, 15) is 13.5 Å². The Kier molecular flexibility index (Phi) is 7.41. The van der Waals surface area contributed by atoms with E-state index in [4.69, 9.17) is 9.73 Å². The molecule has 9 heteroatoms. The minimum absolute atomic E-state index is 0.0466. The highest BCUT2D eigenvalue weighted by Crippen LogP contribution is 2.46. The van der Waals surface area contributed by atoms with Crippen LogP contribution in [0.4, 0.5) is 0 Å². The largest absolute Gasteiger partial charge is 0.393 e. The Balaban J connectivity index is 1.56. The number of fused-ring (bicyclic) bond motifs is 1. The number of methoxy groups -OCH3 is 1. The van der Waals surface area contributed by atoms with Gasteiger partial charge in [-0.2, -0.15) is 0 Å². The van der Waals surface area contributed by atoms with Crippen molar-refractivity contribution in [2.75, 3.05) is 13.7 Å². The van der Waals surface area contributed by atoms with Gasteiger partial charge in [-0.25, -0.2) is 13.1 Å². The van der Waals surface area contributed by atoms with Crippen molar-refractivity contribution in [3.8, 4) is 0 Å². The molecular weight excluding hydrogens is 446 g/mol. The fourth-order valence-corrected chi connectivity index (χ4v) is 8.20. The van der Waals surface area contributed by atoms with Crippen molar-refractivity contribution >= 4 is 27.0 Å². The zero-order chi connectivity index (χ0) is 23.0. The fraction of sp³-hybridized carbons (Fsp3) is 0.783. The quantitative estimate of drug-likeness (QED) is 0.516. The summed E-state index contributed by atoms with van der Waals surface area (Å²) in [5, 5.41) is 11.5. The van der Waals surface area contributed by atoms with Crippen molar-refractivity contribution in [3.05, 3.63) is 22.6 Å². The standard InChI is InChI=1S/C23H37N3O4S2/c1-5-16(22-14(2)24-23-26(22)13-20(31-23)17-6-7-17)12-21(15(3)30-4)32(28,29)25-18-8-10-19(27)11-9-18/h5,12,14-15,17-20,22,25,27H,6-11,13H2,1-4H3/b16-5+,21-12+/t14?,15-,18?,19?,20?,22?/m0/s1. The normalized spacial score (nSPS) is 35.1. The van der Waals surface area contributed by atoms with Crippen LogP contribution < -0.4 is 4.72 Å². The number of allylic oxidation sites excluding steroid dienone is 1. The summed E-state index contributed by atoms with van der Waals surface area (Å²) >= 11 is 1.90. The number of hydrogen-bond acceptors (Lipinski definition) is 7. The highest BCUT2D eigenvalue weighted by molar-refractivity contribution is 8.14. The Morgan fingerprint density at radius 2 is 1.97 bits per heavy atom. The molecule has 2 saturated carbocycles. The van der Waals surface area contributed by atoms with E-state index in [1.165, 1.54) is 20.0 Å². The molecule has 4 aliphatic rings. The van der Waals surface area contributed by atoms with Crippen molar-refractivity contribution in [2.45, 2.75) is 94.9 Å². The minimum atomic E-state index is -3.74. The molecule has 3 unspecified atom stereocenters. The lowest BCUT2D eigenvalue weighted by atomic mass is 9.94. The molecule has 0 bridgehead atoms. The minimum Gasteiger partial charge on any atom is -0.393 e. The van der Waals surface area contributed by atoms with E-state index in [1.54, 1.807) is 6.92 Å². The topological polar surface area (TPSA) is 91.2 Å². The smallest absolute Gasteiger partial charge is 0.239 e. The van der Waals surface area contributed by atoms with E-state index in [0.717, 1.165) is 23.2 Å². The number of aliphatic hydroxyl groups is 1. The fourth-order valence-electron chi connectivity index (χ4n) is 5.04. The van der Waals surface area contributed by atoms with Gasteiger partial charge in [0, 0.05) is 24.9 Å². The lowest BCUT2D eigenvalue weighted by Crippen LogP contribution is -2.41. The van der Waals surface area contributed by atoms with E-state index >= 15 is 0 Å². The van der Waals surface area contributed by atoms with Crippen LogP contribution in [0.15, 0.2) is 27.6 Å². The van der Waals surface area contributed by atoms with Crippen molar-refractivity contribution in [1.82, 2.24) is 9.62 Å². The molecule has 0 amide bonds. The van der Waals surface area contributed by atoms with Crippen LogP contribution in [0, 0.1) is 5.92 Å². The van der Waals surface area contributed by atoms with Crippen molar-refractivity contribution < 1.29 is 18.3 Å². The molecule has 180 valence electrons. The first-order chi connectivity index (χ1) is 15.2. The Morgan fingerprint density at radius 3 is 2.56 bits per heavy atom. The van der Waals surface area contributed by atoms with Crippen LogP contribution in [-0.4, -0.2) is 72.8 Å². The molecule has 0 aromatic heterocycles. The van der Waals surface area contributed by atoms with Crippen LogP contribution in [0.25, 0.3) is 0 Å². The number of sulfonamides is 1. The average molecular weight is 484 g/mol. The molecule has 2 N–H and O–H groups in total. The number of amidine groups is 1. The van der Waals surface area contributed by atoms with Crippen LogP contribution in [0.5, 0.6) is 0 Å². The molecule has 0 spiro atoms. The zero-order valence-corrected chi connectivity index (χ0v) is 21.2. The Labute approximate surface area is 196 Å². The molecular formula is C23H37N3O4S2. The van der Waals surface area contributed by atoms with Crippen LogP contribution in [0.3, 0.4) is 0 Å². The second-order valence-electron chi connectivity index (χ2n) is 9.58. The summed E-state index contributed by atoms with van der Waals surface area (Å²) in [7, 11) is -2.20. The van der Waals surface area contributed by atoms with Gasteiger partial charge in [0.25, 0.3) is 0 Å². The number of aliphatic imine (C=N–C) groups is 1. The van der Waals surface area contributed by atoms with Crippen LogP contribution in [0.2, 0.25) is 0 Å². The summed E-state index contributed by atoms with van der Waals surface area (Å²) in [6, 6.07) is -0.0282. The number of aliphatic hydroxyl groups excluding tert-OH is 1. The zero-order valence-electron chi connectivity index (χ0n) is 19.5. The number of nitrogens with one attached hydrogen (secondary N) is 1. The molecule has 0 aromatic carbocycles. The third-order valence-electron chi connectivity index (χ3n) is 7.20. The van der Waals surface area contributed by atoms with Crippen molar-refractivity contribution in [3.63, 3.8) is 0 Å². The van der Waals surface area contributed by atoms with E-state index in [1.807, 2.05) is 30.8 Å². The molecule has 2 aliphatic heterocycles. The van der Waals surface area contributed by atoms with Crippen LogP contribution in [0.1, 0.15) is 59.3 Å². The van der Waals surface area contributed by atoms with Gasteiger partial charge in [-0.1, -0.05) is 17.8 Å². The van der Waals surface area contributed by atoms with E-state index in [-0.39, 0.29) is 29.1 Å². The summed E-state index contributed by atoms with van der Waals surface area (Å²) in [6.07, 6.45) is 8.11. The summed E-state index contributed by atoms with van der Waals surface area (Å²) in [5.74, 6) is 0.802. The van der Waals surface area contributed by atoms with Gasteiger partial charge >= 0.3 is 0 Å². The molecule has 3 fully saturated rings. The van der Waals surface area contributed by atoms with Crippen molar-refractivity contribution in [1.29, 1.82) is 0 Å². The van der Waals surface area contributed by atoms with Gasteiger partial charge in [-0.3, -0.25) is 4.99 Å². The second kappa shape index (κ2) is 9.78. The predicted molar refractivity (Wildman–Crippen MR) is 130 cm³/mol. The van der Waals surface area contributed by atoms with Gasteiger partial charge in [0.15, 0.2) is 5.17 Å².